The van der Waals surface area contributed by atoms with Gasteiger partial charge in [-0.3, -0.25) is 4.79 Å². The van der Waals surface area contributed by atoms with E-state index in [1.807, 2.05) is 24.3 Å². The molecule has 116 valence electrons. The van der Waals surface area contributed by atoms with Crippen molar-refractivity contribution in [1.82, 2.24) is 0 Å². The van der Waals surface area contributed by atoms with Crippen molar-refractivity contribution in [2.24, 2.45) is 11.1 Å². The molecule has 0 aliphatic heterocycles. The van der Waals surface area contributed by atoms with Crippen molar-refractivity contribution in [2.45, 2.75) is 51.9 Å². The van der Waals surface area contributed by atoms with Gasteiger partial charge in [-0.2, -0.15) is 0 Å². The van der Waals surface area contributed by atoms with Gasteiger partial charge in [0.25, 0.3) is 0 Å². The number of carbonyl (C=O) groups excluding carboxylic acids is 1. The Morgan fingerprint density at radius 1 is 1.24 bits per heavy atom. The molecule has 1 aromatic carbocycles. The van der Waals surface area contributed by atoms with Gasteiger partial charge in [0.05, 0.1) is 12.2 Å². The summed E-state index contributed by atoms with van der Waals surface area (Å²) >= 11 is 0. The topological polar surface area (TPSA) is 52.3 Å². The minimum atomic E-state index is 0.00714. The lowest BCUT2D eigenvalue weighted by molar-refractivity contribution is 0.0864. The van der Waals surface area contributed by atoms with Gasteiger partial charge in [0.1, 0.15) is 5.75 Å². The Bertz CT molecular complexity index is 464. The molecule has 0 saturated heterocycles. The predicted octanol–water partition coefficient (Wildman–Crippen LogP) is 3.96. The molecular formula is C18H27NO2. The Hall–Kier alpha value is -1.35. The van der Waals surface area contributed by atoms with E-state index in [-0.39, 0.29) is 11.2 Å². The first kappa shape index (κ1) is 16.0. The fraction of sp³-hybridized carbons (Fsp3) is 0.611. The lowest BCUT2D eigenvalue weighted by Crippen LogP contribution is -2.35. The van der Waals surface area contributed by atoms with Crippen LogP contribution in [-0.2, 0) is 0 Å². The average Bonchev–Trinajstić information content (AvgIpc) is 2.54. The first-order chi connectivity index (χ1) is 10.2. The van der Waals surface area contributed by atoms with Crippen molar-refractivity contribution in [3.63, 3.8) is 0 Å². The summed E-state index contributed by atoms with van der Waals surface area (Å²) in [5.74, 6) is 0.890. The quantitative estimate of drug-likeness (QED) is 0.773. The summed E-state index contributed by atoms with van der Waals surface area (Å²) in [5, 5.41) is 0. The number of benzene rings is 1. The van der Waals surface area contributed by atoms with Crippen LogP contribution in [-0.4, -0.2) is 18.9 Å². The smallest absolute Gasteiger partial charge is 0.167 e. The van der Waals surface area contributed by atoms with Crippen molar-refractivity contribution in [1.29, 1.82) is 0 Å². The minimum Gasteiger partial charge on any atom is -0.493 e. The Labute approximate surface area is 127 Å². The molecule has 1 saturated carbocycles. The molecule has 1 aliphatic rings. The van der Waals surface area contributed by atoms with Gasteiger partial charge in [0.15, 0.2) is 5.78 Å². The monoisotopic (exact) mass is 289 g/mol. The van der Waals surface area contributed by atoms with E-state index in [0.717, 1.165) is 19.3 Å². The number of ketones is 1. The van der Waals surface area contributed by atoms with Crippen LogP contribution in [0.2, 0.25) is 0 Å². The van der Waals surface area contributed by atoms with Crippen LogP contribution in [0.4, 0.5) is 0 Å². The van der Waals surface area contributed by atoms with Gasteiger partial charge in [-0.05, 0) is 43.4 Å². The highest BCUT2D eigenvalue weighted by Crippen LogP contribution is 2.39. The number of carbonyl (C=O) groups is 1. The summed E-state index contributed by atoms with van der Waals surface area (Å²) < 4.78 is 5.71. The number of nitrogens with two attached hydrogens (primary N) is 1. The lowest BCUT2D eigenvalue weighted by atomic mass is 9.70. The van der Waals surface area contributed by atoms with E-state index in [1.54, 1.807) is 0 Å². The maximum absolute atomic E-state index is 12.7. The molecule has 3 heteroatoms. The van der Waals surface area contributed by atoms with Crippen molar-refractivity contribution >= 4 is 5.78 Å². The van der Waals surface area contributed by atoms with E-state index in [2.05, 4.69) is 6.92 Å². The number of rotatable bonds is 7. The average molecular weight is 289 g/mol. The second kappa shape index (κ2) is 7.60. The van der Waals surface area contributed by atoms with E-state index in [4.69, 9.17) is 10.5 Å². The normalized spacial score (nSPS) is 17.4. The van der Waals surface area contributed by atoms with E-state index in [9.17, 15) is 4.79 Å². The van der Waals surface area contributed by atoms with Gasteiger partial charge < -0.3 is 10.5 Å². The third-order valence-electron chi connectivity index (χ3n) is 4.53. The fourth-order valence-corrected chi connectivity index (χ4v) is 3.23. The lowest BCUT2D eigenvalue weighted by Gasteiger charge is -2.35. The Morgan fingerprint density at radius 3 is 2.62 bits per heavy atom. The van der Waals surface area contributed by atoms with Crippen molar-refractivity contribution in [2.75, 3.05) is 13.2 Å². The van der Waals surface area contributed by atoms with Gasteiger partial charge >= 0.3 is 0 Å². The number of ether oxygens (including phenoxy) is 1. The van der Waals surface area contributed by atoms with Crippen LogP contribution in [0.5, 0.6) is 5.75 Å². The summed E-state index contributed by atoms with van der Waals surface area (Å²) in [6.07, 6.45) is 7.30. The number of para-hydroxylation sites is 1. The molecule has 0 unspecified atom stereocenters. The molecule has 0 spiro atoms. The van der Waals surface area contributed by atoms with Crippen LogP contribution in [0.25, 0.3) is 0 Å². The summed E-state index contributed by atoms with van der Waals surface area (Å²) in [6, 6.07) is 7.59. The zero-order valence-corrected chi connectivity index (χ0v) is 13.1. The number of hydrogen-bond donors (Lipinski definition) is 1. The third-order valence-corrected chi connectivity index (χ3v) is 4.53. The van der Waals surface area contributed by atoms with E-state index in [0.29, 0.717) is 30.9 Å². The molecule has 1 aliphatic carbocycles. The Morgan fingerprint density at radius 2 is 1.95 bits per heavy atom. The van der Waals surface area contributed by atoms with Crippen molar-refractivity contribution in [3.8, 4) is 5.75 Å². The minimum absolute atomic E-state index is 0.00714. The van der Waals surface area contributed by atoms with Crippen LogP contribution < -0.4 is 10.5 Å². The Balaban J connectivity index is 2.12. The SMILES string of the molecule is CCCOc1ccccc1C(=O)CC1(CN)CCCCC1. The van der Waals surface area contributed by atoms with Crippen LogP contribution >= 0.6 is 0 Å². The number of Topliss-reactive ketones (excluding diaryl/α,β-unsaturated/α-hetero) is 1. The van der Waals surface area contributed by atoms with Gasteiger partial charge in [-0.25, -0.2) is 0 Å². The molecule has 0 aromatic heterocycles. The van der Waals surface area contributed by atoms with Crippen LogP contribution in [0.1, 0.15) is 62.2 Å². The molecule has 21 heavy (non-hydrogen) atoms. The van der Waals surface area contributed by atoms with Gasteiger partial charge in [-0.15, -0.1) is 0 Å². The van der Waals surface area contributed by atoms with E-state index < -0.39 is 0 Å². The first-order valence-corrected chi connectivity index (χ1v) is 8.16. The first-order valence-electron chi connectivity index (χ1n) is 8.16. The molecule has 2 N–H and O–H groups in total. The van der Waals surface area contributed by atoms with Crippen molar-refractivity contribution in [3.05, 3.63) is 29.8 Å². The van der Waals surface area contributed by atoms with E-state index in [1.165, 1.54) is 19.3 Å². The van der Waals surface area contributed by atoms with E-state index >= 15 is 0 Å². The molecule has 3 nitrogen and oxygen atoms in total. The maximum atomic E-state index is 12.7. The standard InChI is InChI=1S/C18H27NO2/c1-2-12-21-17-9-5-4-8-15(17)16(20)13-18(14-19)10-6-3-7-11-18/h4-5,8-9H,2-3,6-7,10-14,19H2,1H3. The molecule has 0 atom stereocenters. The molecule has 0 heterocycles. The maximum Gasteiger partial charge on any atom is 0.167 e. The predicted molar refractivity (Wildman–Crippen MR) is 85.7 cm³/mol. The molecule has 1 aromatic rings. The number of hydrogen-bond acceptors (Lipinski definition) is 3. The second-order valence-corrected chi connectivity index (χ2v) is 6.21. The highest BCUT2D eigenvalue weighted by Gasteiger charge is 2.33. The molecule has 1 fully saturated rings. The zero-order valence-electron chi connectivity index (χ0n) is 13.1. The summed E-state index contributed by atoms with van der Waals surface area (Å²) in [6.45, 7) is 3.32. The second-order valence-electron chi connectivity index (χ2n) is 6.21. The highest BCUT2D eigenvalue weighted by molar-refractivity contribution is 5.99. The van der Waals surface area contributed by atoms with Gasteiger partial charge in [0, 0.05) is 6.42 Å². The fourth-order valence-electron chi connectivity index (χ4n) is 3.23. The zero-order chi connectivity index (χ0) is 15.1. The molecular weight excluding hydrogens is 262 g/mol. The molecule has 0 bridgehead atoms. The summed E-state index contributed by atoms with van der Waals surface area (Å²) in [5.41, 5.74) is 6.72. The molecule has 2 rings (SSSR count). The highest BCUT2D eigenvalue weighted by atomic mass is 16.5. The largest absolute Gasteiger partial charge is 0.493 e. The summed E-state index contributed by atoms with van der Waals surface area (Å²) in [4.78, 5) is 12.7. The van der Waals surface area contributed by atoms with Gasteiger partial charge in [0.2, 0.25) is 0 Å². The van der Waals surface area contributed by atoms with Gasteiger partial charge in [-0.1, -0.05) is 38.3 Å². The molecule has 0 radical (unpaired) electrons. The van der Waals surface area contributed by atoms with Crippen molar-refractivity contribution < 1.29 is 9.53 Å². The third kappa shape index (κ3) is 4.07. The van der Waals surface area contributed by atoms with Crippen LogP contribution in [0, 0.1) is 5.41 Å². The van der Waals surface area contributed by atoms with Crippen LogP contribution in [0.3, 0.4) is 0 Å². The Kier molecular flexibility index (Phi) is 5.80. The summed E-state index contributed by atoms with van der Waals surface area (Å²) in [7, 11) is 0. The molecule has 0 amide bonds. The van der Waals surface area contributed by atoms with Crippen LogP contribution in [0.15, 0.2) is 24.3 Å².